The minimum absolute atomic E-state index is 0.146. The summed E-state index contributed by atoms with van der Waals surface area (Å²) in [6.45, 7) is 0.908. The number of amides is 1. The molecule has 1 unspecified atom stereocenters. The van der Waals surface area contributed by atoms with Crippen LogP contribution < -0.4 is 11.1 Å². The van der Waals surface area contributed by atoms with E-state index >= 15 is 0 Å². The van der Waals surface area contributed by atoms with Crippen molar-refractivity contribution in [2.45, 2.75) is 31.7 Å². The number of unbranched alkanes of at least 4 members (excludes halogenated alkanes) is 1. The lowest BCUT2D eigenvalue weighted by Crippen LogP contribution is -2.30. The Morgan fingerprint density at radius 2 is 2.10 bits per heavy atom. The predicted octanol–water partition coefficient (Wildman–Crippen LogP) is 1.43. The fraction of sp³-hybridized carbons (Fsp3) is 0.600. The molecule has 4 N–H and O–H groups in total. The standard InChI is InChI=1S/C15H22N2O4/c16-12(13(18)19)5-1-4-8-17-14(20)21-10-11-9-15(11)6-2-3-7-15/h2-3,6-7,11-12H,1,4-5,8-10,16H2,(H,17,20)(H,18,19)/t11?,12-/m0/s1. The van der Waals surface area contributed by atoms with E-state index < -0.39 is 18.1 Å². The summed E-state index contributed by atoms with van der Waals surface area (Å²) in [5, 5.41) is 11.3. The third kappa shape index (κ3) is 4.32. The van der Waals surface area contributed by atoms with Crippen LogP contribution in [0.1, 0.15) is 25.7 Å². The third-order valence-electron chi connectivity index (χ3n) is 4.07. The van der Waals surface area contributed by atoms with Crippen LogP contribution in [0.25, 0.3) is 0 Å². The van der Waals surface area contributed by atoms with E-state index in [-0.39, 0.29) is 5.41 Å². The minimum Gasteiger partial charge on any atom is -0.480 e. The lowest BCUT2D eigenvalue weighted by molar-refractivity contribution is -0.138. The van der Waals surface area contributed by atoms with Gasteiger partial charge in [-0.3, -0.25) is 4.79 Å². The minimum atomic E-state index is -0.990. The first kappa shape index (κ1) is 15.6. The first-order valence-corrected chi connectivity index (χ1v) is 7.29. The first-order valence-electron chi connectivity index (χ1n) is 7.29. The maximum atomic E-state index is 11.5. The van der Waals surface area contributed by atoms with E-state index in [1.165, 1.54) is 0 Å². The molecule has 1 amide bonds. The van der Waals surface area contributed by atoms with Crippen LogP contribution in [0.15, 0.2) is 24.3 Å². The number of carboxylic acid groups (broad SMARTS) is 1. The fourth-order valence-corrected chi connectivity index (χ4v) is 2.55. The van der Waals surface area contributed by atoms with Crippen LogP contribution >= 0.6 is 0 Å². The van der Waals surface area contributed by atoms with Gasteiger partial charge in [0.15, 0.2) is 0 Å². The highest BCUT2D eigenvalue weighted by molar-refractivity contribution is 5.72. The summed E-state index contributed by atoms with van der Waals surface area (Å²) in [6.07, 6.45) is 10.8. The molecule has 6 heteroatoms. The van der Waals surface area contributed by atoms with Crippen LogP contribution in [0.4, 0.5) is 4.79 Å². The number of carboxylic acids is 1. The highest BCUT2D eigenvalue weighted by atomic mass is 16.5. The number of rotatable bonds is 8. The van der Waals surface area contributed by atoms with Gasteiger partial charge in [-0.15, -0.1) is 0 Å². The van der Waals surface area contributed by atoms with Crippen LogP contribution in [0.2, 0.25) is 0 Å². The van der Waals surface area contributed by atoms with Gasteiger partial charge in [0.2, 0.25) is 0 Å². The smallest absolute Gasteiger partial charge is 0.407 e. The Balaban J connectivity index is 1.48. The number of alkyl carbamates (subject to hydrolysis) is 1. The quantitative estimate of drug-likeness (QED) is 0.588. The molecule has 2 aliphatic carbocycles. The van der Waals surface area contributed by atoms with Gasteiger partial charge in [-0.25, -0.2) is 4.79 Å². The number of aliphatic carboxylic acids is 1. The molecular weight excluding hydrogens is 272 g/mol. The van der Waals surface area contributed by atoms with E-state index in [1.54, 1.807) is 0 Å². The van der Waals surface area contributed by atoms with E-state index in [0.717, 1.165) is 6.42 Å². The fourth-order valence-electron chi connectivity index (χ4n) is 2.55. The van der Waals surface area contributed by atoms with Crippen molar-refractivity contribution in [3.05, 3.63) is 24.3 Å². The number of carbonyl (C=O) groups excluding carboxylic acids is 1. The second-order valence-electron chi connectivity index (χ2n) is 5.70. The maximum Gasteiger partial charge on any atom is 0.407 e. The molecule has 2 rings (SSSR count). The lowest BCUT2D eigenvalue weighted by Gasteiger charge is -2.09. The Morgan fingerprint density at radius 3 is 2.76 bits per heavy atom. The molecule has 2 atom stereocenters. The van der Waals surface area contributed by atoms with Crippen molar-refractivity contribution in [2.75, 3.05) is 13.2 Å². The molecule has 116 valence electrons. The topological polar surface area (TPSA) is 102 Å². The molecule has 0 saturated heterocycles. The Hall–Kier alpha value is -1.82. The molecule has 1 saturated carbocycles. The van der Waals surface area contributed by atoms with Gasteiger partial charge < -0.3 is 20.9 Å². The number of carbonyl (C=O) groups is 2. The molecular formula is C15H22N2O4. The zero-order valence-corrected chi connectivity index (χ0v) is 12.0. The van der Waals surface area contributed by atoms with Gasteiger partial charge in [-0.2, -0.15) is 0 Å². The molecule has 0 aliphatic heterocycles. The van der Waals surface area contributed by atoms with Gasteiger partial charge in [-0.05, 0) is 25.7 Å². The van der Waals surface area contributed by atoms with Crippen molar-refractivity contribution in [1.29, 1.82) is 0 Å². The van der Waals surface area contributed by atoms with Gasteiger partial charge in [0.1, 0.15) is 6.04 Å². The van der Waals surface area contributed by atoms with Gasteiger partial charge in [0.25, 0.3) is 0 Å². The number of nitrogens with two attached hydrogens (primary N) is 1. The summed E-state index contributed by atoms with van der Waals surface area (Å²) in [5.41, 5.74) is 5.53. The molecule has 0 radical (unpaired) electrons. The second-order valence-corrected chi connectivity index (χ2v) is 5.70. The monoisotopic (exact) mass is 294 g/mol. The maximum absolute atomic E-state index is 11.5. The molecule has 2 aliphatic rings. The molecule has 0 aromatic rings. The van der Waals surface area contributed by atoms with Crippen LogP contribution in [0.3, 0.4) is 0 Å². The van der Waals surface area contributed by atoms with Crippen molar-refractivity contribution < 1.29 is 19.4 Å². The number of ether oxygens (including phenoxy) is 1. The van der Waals surface area contributed by atoms with E-state index in [2.05, 4.69) is 17.5 Å². The van der Waals surface area contributed by atoms with Crippen molar-refractivity contribution in [1.82, 2.24) is 5.32 Å². The molecule has 6 nitrogen and oxygen atoms in total. The Bertz CT molecular complexity index is 447. The summed E-state index contributed by atoms with van der Waals surface area (Å²) in [4.78, 5) is 22.0. The number of allylic oxidation sites excluding steroid dienone is 4. The lowest BCUT2D eigenvalue weighted by atomic mass is 10.1. The van der Waals surface area contributed by atoms with Gasteiger partial charge in [0, 0.05) is 17.9 Å². The van der Waals surface area contributed by atoms with Crippen LogP contribution in [0.5, 0.6) is 0 Å². The van der Waals surface area contributed by atoms with E-state index in [4.69, 9.17) is 15.6 Å². The largest absolute Gasteiger partial charge is 0.480 e. The molecule has 0 aromatic heterocycles. The summed E-state index contributed by atoms with van der Waals surface area (Å²) < 4.78 is 5.18. The van der Waals surface area contributed by atoms with Gasteiger partial charge in [-0.1, -0.05) is 24.3 Å². The van der Waals surface area contributed by atoms with E-state index in [9.17, 15) is 9.59 Å². The average Bonchev–Trinajstić information content (AvgIpc) is 2.89. The highest BCUT2D eigenvalue weighted by Crippen LogP contribution is 2.56. The zero-order valence-electron chi connectivity index (χ0n) is 12.0. The third-order valence-corrected chi connectivity index (χ3v) is 4.07. The Labute approximate surface area is 124 Å². The average molecular weight is 294 g/mol. The van der Waals surface area contributed by atoms with E-state index in [1.807, 2.05) is 12.2 Å². The van der Waals surface area contributed by atoms with Gasteiger partial charge in [0.05, 0.1) is 6.61 Å². The van der Waals surface area contributed by atoms with Crippen molar-refractivity contribution in [2.24, 2.45) is 17.1 Å². The highest BCUT2D eigenvalue weighted by Gasteiger charge is 2.51. The van der Waals surface area contributed by atoms with Gasteiger partial charge >= 0.3 is 12.1 Å². The molecule has 1 fully saturated rings. The van der Waals surface area contributed by atoms with Crippen LogP contribution in [0, 0.1) is 11.3 Å². The van der Waals surface area contributed by atoms with E-state index in [0.29, 0.717) is 38.3 Å². The number of nitrogens with one attached hydrogen (secondary N) is 1. The van der Waals surface area contributed by atoms with Crippen LogP contribution in [-0.2, 0) is 9.53 Å². The van der Waals surface area contributed by atoms with Crippen molar-refractivity contribution >= 4 is 12.1 Å². The summed E-state index contributed by atoms with van der Waals surface area (Å²) in [5.74, 6) is -0.595. The zero-order chi connectivity index (χ0) is 15.3. The number of hydrogen-bond donors (Lipinski definition) is 3. The number of hydrogen-bond acceptors (Lipinski definition) is 4. The molecule has 0 aromatic carbocycles. The summed E-state index contributed by atoms with van der Waals surface area (Å²) in [6, 6.07) is -0.824. The molecule has 21 heavy (non-hydrogen) atoms. The molecule has 0 heterocycles. The van der Waals surface area contributed by atoms with Crippen molar-refractivity contribution in [3.8, 4) is 0 Å². The molecule has 1 spiro atoms. The Kier molecular flexibility index (Phi) is 5.01. The predicted molar refractivity (Wildman–Crippen MR) is 77.6 cm³/mol. The first-order chi connectivity index (χ1) is 10.0. The summed E-state index contributed by atoms with van der Waals surface area (Å²) in [7, 11) is 0. The summed E-state index contributed by atoms with van der Waals surface area (Å²) >= 11 is 0. The molecule has 0 bridgehead atoms. The SMILES string of the molecule is N[C@@H](CCCCNC(=O)OCC1CC12C=CC=C2)C(=O)O. The second kappa shape index (κ2) is 6.76. The normalized spacial score (nSPS) is 22.2. The Morgan fingerprint density at radius 1 is 1.38 bits per heavy atom. The van der Waals surface area contributed by atoms with Crippen LogP contribution in [-0.4, -0.2) is 36.4 Å². The van der Waals surface area contributed by atoms with Crippen molar-refractivity contribution in [3.63, 3.8) is 0 Å².